The van der Waals surface area contributed by atoms with Gasteiger partial charge in [0.05, 0.1) is 29.5 Å². The number of carbonyl (C=O) groups excluding carboxylic acids is 1. The van der Waals surface area contributed by atoms with Crippen molar-refractivity contribution >= 4 is 38.9 Å². The Kier molecular flexibility index (Phi) is 7.06. The quantitative estimate of drug-likeness (QED) is 0.646. The van der Waals surface area contributed by atoms with E-state index in [9.17, 15) is 13.2 Å². The fourth-order valence-corrected chi connectivity index (χ4v) is 6.27. The first-order chi connectivity index (χ1) is 16.9. The maximum Gasteiger partial charge on any atom is 0.243 e. The molecule has 2 aromatic carbocycles. The van der Waals surface area contributed by atoms with Crippen LogP contribution in [0.15, 0.2) is 41.3 Å². The number of nitrogens with zero attached hydrogens (tertiary/aromatic N) is 2. The SMILES string of the molecule is O=C(Nc1cc(Cl)ccc1N1CCOCC1)C1CCN(S(=O)(=O)c2ccc3c(c2)OCCO3)CC1. The molecule has 1 amide bonds. The summed E-state index contributed by atoms with van der Waals surface area (Å²) in [6, 6.07) is 10.1. The van der Waals surface area contributed by atoms with Gasteiger partial charge in [0, 0.05) is 43.2 Å². The van der Waals surface area contributed by atoms with E-state index in [-0.39, 0.29) is 29.8 Å². The van der Waals surface area contributed by atoms with E-state index in [4.69, 9.17) is 25.8 Å². The van der Waals surface area contributed by atoms with Crippen molar-refractivity contribution in [2.24, 2.45) is 5.92 Å². The van der Waals surface area contributed by atoms with Gasteiger partial charge in [-0.05, 0) is 43.2 Å². The predicted octanol–water partition coefficient (Wildman–Crippen LogP) is 2.99. The number of hydrogen-bond acceptors (Lipinski definition) is 7. The molecule has 9 nitrogen and oxygen atoms in total. The maximum atomic E-state index is 13.2. The molecule has 188 valence electrons. The van der Waals surface area contributed by atoms with Gasteiger partial charge in [-0.15, -0.1) is 0 Å². The average molecular weight is 522 g/mol. The average Bonchev–Trinajstić information content (AvgIpc) is 2.89. The standard InChI is InChI=1S/C24H28ClN3O6S/c25-18-1-3-21(27-9-11-32-12-10-27)20(15-18)26-24(29)17-5-7-28(8-6-17)35(30,31)19-2-4-22-23(16-19)34-14-13-33-22/h1-4,15-17H,5-14H2,(H,26,29). The number of sulfonamides is 1. The van der Waals surface area contributed by atoms with Crippen molar-refractivity contribution in [3.63, 3.8) is 0 Å². The summed E-state index contributed by atoms with van der Waals surface area (Å²) in [5.74, 6) is 0.559. The van der Waals surface area contributed by atoms with Gasteiger partial charge in [0.25, 0.3) is 0 Å². The second-order valence-electron chi connectivity index (χ2n) is 8.73. The fraction of sp³-hybridized carbons (Fsp3) is 0.458. The van der Waals surface area contributed by atoms with Crippen LogP contribution in [0, 0.1) is 5.92 Å². The highest BCUT2D eigenvalue weighted by atomic mass is 35.5. The zero-order chi connectivity index (χ0) is 24.4. The maximum absolute atomic E-state index is 13.2. The summed E-state index contributed by atoms with van der Waals surface area (Å²) < 4.78 is 44.3. The van der Waals surface area contributed by atoms with E-state index in [0.717, 1.165) is 18.8 Å². The van der Waals surface area contributed by atoms with Gasteiger partial charge >= 0.3 is 0 Å². The summed E-state index contributed by atoms with van der Waals surface area (Å²) in [4.78, 5) is 15.4. The molecule has 0 saturated carbocycles. The summed E-state index contributed by atoms with van der Waals surface area (Å²) in [6.45, 7) is 4.09. The lowest BCUT2D eigenvalue weighted by Gasteiger charge is -2.32. The molecule has 2 aromatic rings. The first kappa shape index (κ1) is 24.2. The summed E-state index contributed by atoms with van der Waals surface area (Å²) in [7, 11) is -3.70. The number of carbonyl (C=O) groups is 1. The molecule has 0 aromatic heterocycles. The van der Waals surface area contributed by atoms with Crippen molar-refractivity contribution in [1.82, 2.24) is 4.31 Å². The Labute approximate surface area is 209 Å². The van der Waals surface area contributed by atoms with Crippen LogP contribution in [0.2, 0.25) is 5.02 Å². The third-order valence-electron chi connectivity index (χ3n) is 6.54. The molecular formula is C24H28ClN3O6S. The largest absolute Gasteiger partial charge is 0.486 e. The molecule has 0 aliphatic carbocycles. The Morgan fingerprint density at radius 2 is 1.63 bits per heavy atom. The molecule has 3 aliphatic heterocycles. The van der Waals surface area contributed by atoms with Gasteiger partial charge in [0.15, 0.2) is 11.5 Å². The van der Waals surface area contributed by atoms with Crippen molar-refractivity contribution in [3.8, 4) is 11.5 Å². The second-order valence-corrected chi connectivity index (χ2v) is 11.1. The van der Waals surface area contributed by atoms with Gasteiger partial charge in [0.2, 0.25) is 15.9 Å². The number of benzene rings is 2. The lowest BCUT2D eigenvalue weighted by atomic mass is 9.97. The zero-order valence-electron chi connectivity index (χ0n) is 19.2. The summed E-state index contributed by atoms with van der Waals surface area (Å²) in [5, 5.41) is 3.57. The summed E-state index contributed by atoms with van der Waals surface area (Å²) in [6.07, 6.45) is 0.867. The molecule has 11 heteroatoms. The van der Waals surface area contributed by atoms with Crippen LogP contribution in [-0.2, 0) is 19.6 Å². The molecule has 5 rings (SSSR count). The Bertz CT molecular complexity index is 1190. The molecule has 0 radical (unpaired) electrons. The molecule has 2 saturated heterocycles. The summed E-state index contributed by atoms with van der Waals surface area (Å²) in [5.41, 5.74) is 1.57. The highest BCUT2D eigenvalue weighted by Crippen LogP contribution is 2.35. The minimum absolute atomic E-state index is 0.127. The Balaban J connectivity index is 1.24. The van der Waals surface area contributed by atoms with Crippen molar-refractivity contribution in [2.75, 3.05) is 62.8 Å². The van der Waals surface area contributed by atoms with Crippen molar-refractivity contribution in [3.05, 3.63) is 41.4 Å². The van der Waals surface area contributed by atoms with E-state index in [1.165, 1.54) is 16.4 Å². The van der Waals surface area contributed by atoms with Crippen LogP contribution in [0.25, 0.3) is 0 Å². The fourth-order valence-electron chi connectivity index (χ4n) is 4.61. The van der Waals surface area contributed by atoms with Crippen LogP contribution in [0.4, 0.5) is 11.4 Å². The monoisotopic (exact) mass is 521 g/mol. The van der Waals surface area contributed by atoms with E-state index in [0.29, 0.717) is 61.5 Å². The number of ether oxygens (including phenoxy) is 3. The molecule has 35 heavy (non-hydrogen) atoms. The third kappa shape index (κ3) is 5.20. The number of amides is 1. The van der Waals surface area contributed by atoms with Gasteiger partial charge < -0.3 is 24.4 Å². The van der Waals surface area contributed by atoms with Gasteiger partial charge in [-0.25, -0.2) is 8.42 Å². The minimum Gasteiger partial charge on any atom is -0.486 e. The van der Waals surface area contributed by atoms with Gasteiger partial charge in [0.1, 0.15) is 13.2 Å². The van der Waals surface area contributed by atoms with E-state index in [1.807, 2.05) is 12.1 Å². The molecule has 0 bridgehead atoms. The zero-order valence-corrected chi connectivity index (χ0v) is 20.8. The Hall–Kier alpha value is -2.53. The predicted molar refractivity (Wildman–Crippen MR) is 132 cm³/mol. The molecular weight excluding hydrogens is 494 g/mol. The lowest BCUT2D eigenvalue weighted by molar-refractivity contribution is -0.120. The van der Waals surface area contributed by atoms with Crippen LogP contribution in [0.5, 0.6) is 11.5 Å². The number of morpholine rings is 1. The Morgan fingerprint density at radius 1 is 0.914 bits per heavy atom. The van der Waals surface area contributed by atoms with E-state index in [1.54, 1.807) is 12.1 Å². The first-order valence-corrected chi connectivity index (χ1v) is 13.6. The molecule has 3 aliphatic rings. The number of nitrogens with one attached hydrogen (secondary N) is 1. The van der Waals surface area contributed by atoms with Gasteiger partial charge in [-0.3, -0.25) is 4.79 Å². The Morgan fingerprint density at radius 3 is 2.37 bits per heavy atom. The van der Waals surface area contributed by atoms with E-state index in [2.05, 4.69) is 10.2 Å². The van der Waals surface area contributed by atoms with E-state index < -0.39 is 10.0 Å². The van der Waals surface area contributed by atoms with Gasteiger partial charge in [-0.2, -0.15) is 4.31 Å². The molecule has 1 N–H and O–H groups in total. The van der Waals surface area contributed by atoms with Crippen LogP contribution in [-0.4, -0.2) is 71.2 Å². The molecule has 0 atom stereocenters. The highest BCUT2D eigenvalue weighted by Gasteiger charge is 2.33. The number of anilines is 2. The number of hydrogen-bond donors (Lipinski definition) is 1. The van der Waals surface area contributed by atoms with Crippen molar-refractivity contribution < 1.29 is 27.4 Å². The molecule has 3 heterocycles. The topological polar surface area (TPSA) is 97.4 Å². The van der Waals surface area contributed by atoms with Crippen molar-refractivity contribution in [1.29, 1.82) is 0 Å². The number of halogens is 1. The van der Waals surface area contributed by atoms with Crippen molar-refractivity contribution in [2.45, 2.75) is 17.7 Å². The molecule has 2 fully saturated rings. The van der Waals surface area contributed by atoms with Crippen LogP contribution < -0.4 is 19.7 Å². The molecule has 0 unspecified atom stereocenters. The number of piperidine rings is 1. The second kappa shape index (κ2) is 10.2. The first-order valence-electron chi connectivity index (χ1n) is 11.7. The van der Waals surface area contributed by atoms with Crippen LogP contribution >= 0.6 is 11.6 Å². The molecule has 0 spiro atoms. The normalized spacial score (nSPS) is 19.4. The number of fused-ring (bicyclic) bond motifs is 1. The summed E-state index contributed by atoms with van der Waals surface area (Å²) >= 11 is 6.21. The highest BCUT2D eigenvalue weighted by molar-refractivity contribution is 7.89. The smallest absolute Gasteiger partial charge is 0.243 e. The van der Waals surface area contributed by atoms with Crippen LogP contribution in [0.1, 0.15) is 12.8 Å². The van der Waals surface area contributed by atoms with E-state index >= 15 is 0 Å². The van der Waals surface area contributed by atoms with Gasteiger partial charge in [-0.1, -0.05) is 11.6 Å². The minimum atomic E-state index is -3.70. The number of rotatable bonds is 5. The van der Waals surface area contributed by atoms with Crippen LogP contribution in [0.3, 0.4) is 0 Å². The third-order valence-corrected chi connectivity index (χ3v) is 8.67. The lowest BCUT2D eigenvalue weighted by Crippen LogP contribution is -2.41.